The zero-order valence-electron chi connectivity index (χ0n) is 11.3. The highest BCUT2D eigenvalue weighted by molar-refractivity contribution is 4.93. The zero-order valence-corrected chi connectivity index (χ0v) is 11.3. The molecule has 0 aromatic rings. The molecule has 3 fully saturated rings. The lowest BCUT2D eigenvalue weighted by Gasteiger charge is -2.38. The number of rotatable bonds is 1. The number of fused-ring (bicyclic) bond motifs is 2. The molecule has 0 radical (unpaired) electrons. The Kier molecular flexibility index (Phi) is 3.78. The minimum atomic E-state index is -4.00. The normalized spacial score (nSPS) is 41.2. The van der Waals surface area contributed by atoms with Gasteiger partial charge in [0.15, 0.2) is 0 Å². The van der Waals surface area contributed by atoms with Crippen LogP contribution in [0.25, 0.3) is 0 Å². The molecule has 19 heavy (non-hydrogen) atoms. The van der Waals surface area contributed by atoms with Crippen LogP contribution in [0.2, 0.25) is 0 Å². The van der Waals surface area contributed by atoms with Crippen LogP contribution in [0.15, 0.2) is 0 Å². The number of alkyl halides is 3. The molecule has 1 N–H and O–H groups in total. The van der Waals surface area contributed by atoms with Gasteiger partial charge in [-0.3, -0.25) is 4.90 Å². The number of halogens is 3. The van der Waals surface area contributed by atoms with Gasteiger partial charge in [-0.15, -0.1) is 0 Å². The highest BCUT2D eigenvalue weighted by atomic mass is 19.4. The predicted octanol–water partition coefficient (Wildman–Crippen LogP) is 2.93. The van der Waals surface area contributed by atoms with E-state index in [1.54, 1.807) is 0 Å². The van der Waals surface area contributed by atoms with Crippen LogP contribution in [0.5, 0.6) is 0 Å². The van der Waals surface area contributed by atoms with Crippen LogP contribution in [0.1, 0.15) is 44.9 Å². The van der Waals surface area contributed by atoms with Crippen LogP contribution in [0.3, 0.4) is 0 Å². The summed E-state index contributed by atoms with van der Waals surface area (Å²) in [7, 11) is 0. The molecule has 2 saturated heterocycles. The molecule has 3 aliphatic rings. The molecule has 1 saturated carbocycles. The highest BCUT2D eigenvalue weighted by Crippen LogP contribution is 2.39. The Morgan fingerprint density at radius 2 is 1.74 bits per heavy atom. The van der Waals surface area contributed by atoms with E-state index >= 15 is 0 Å². The van der Waals surface area contributed by atoms with Gasteiger partial charge >= 0.3 is 6.18 Å². The van der Waals surface area contributed by atoms with Crippen molar-refractivity contribution in [3.05, 3.63) is 0 Å². The molecule has 3 rings (SSSR count). The second-order valence-electron chi connectivity index (χ2n) is 6.48. The molecule has 1 aliphatic carbocycles. The Morgan fingerprint density at radius 3 is 2.53 bits per heavy atom. The summed E-state index contributed by atoms with van der Waals surface area (Å²) in [5, 5.41) is 3.60. The first kappa shape index (κ1) is 13.7. The van der Waals surface area contributed by atoms with Gasteiger partial charge in [0.25, 0.3) is 0 Å². The molecule has 0 aromatic heterocycles. The van der Waals surface area contributed by atoms with Gasteiger partial charge in [0.1, 0.15) is 0 Å². The van der Waals surface area contributed by atoms with Gasteiger partial charge in [-0.1, -0.05) is 6.42 Å². The van der Waals surface area contributed by atoms with Crippen LogP contribution >= 0.6 is 0 Å². The monoisotopic (exact) mass is 276 g/mol. The lowest BCUT2D eigenvalue weighted by molar-refractivity contribution is -0.186. The van der Waals surface area contributed by atoms with Crippen molar-refractivity contribution in [1.29, 1.82) is 0 Å². The summed E-state index contributed by atoms with van der Waals surface area (Å²) in [6.45, 7) is 1.93. The fraction of sp³-hybridized carbons (Fsp3) is 1.00. The molecule has 0 aromatic carbocycles. The number of hydrogen-bond acceptors (Lipinski definition) is 2. The van der Waals surface area contributed by atoms with E-state index in [0.29, 0.717) is 24.9 Å². The first-order chi connectivity index (χ1) is 9.02. The Hall–Kier alpha value is -0.290. The maximum Gasteiger partial charge on any atom is 0.391 e. The van der Waals surface area contributed by atoms with E-state index in [1.165, 1.54) is 12.8 Å². The third kappa shape index (κ3) is 3.07. The van der Waals surface area contributed by atoms with Crippen molar-refractivity contribution in [1.82, 2.24) is 10.2 Å². The van der Waals surface area contributed by atoms with Crippen molar-refractivity contribution >= 4 is 0 Å². The molecular weight excluding hydrogens is 253 g/mol. The van der Waals surface area contributed by atoms with Crippen molar-refractivity contribution in [2.45, 2.75) is 69.2 Å². The Labute approximate surface area is 112 Å². The van der Waals surface area contributed by atoms with Crippen molar-refractivity contribution in [3.63, 3.8) is 0 Å². The van der Waals surface area contributed by atoms with Crippen molar-refractivity contribution in [2.24, 2.45) is 5.92 Å². The summed E-state index contributed by atoms with van der Waals surface area (Å²) in [4.78, 5) is 2.34. The maximum absolute atomic E-state index is 12.9. The Balaban J connectivity index is 1.62. The molecule has 0 spiro atoms. The van der Waals surface area contributed by atoms with E-state index in [9.17, 15) is 13.2 Å². The molecule has 2 heterocycles. The summed E-state index contributed by atoms with van der Waals surface area (Å²) < 4.78 is 38.6. The fourth-order valence-electron chi connectivity index (χ4n) is 4.09. The second kappa shape index (κ2) is 5.24. The SMILES string of the molecule is FC(F)(F)C1CCCC(N2CCC3CCC(C2)N3)C1. The highest BCUT2D eigenvalue weighted by Gasteiger charge is 2.44. The summed E-state index contributed by atoms with van der Waals surface area (Å²) in [5.41, 5.74) is 0. The fourth-order valence-corrected chi connectivity index (χ4v) is 4.09. The van der Waals surface area contributed by atoms with Gasteiger partial charge in [-0.25, -0.2) is 0 Å². The molecule has 2 bridgehead atoms. The van der Waals surface area contributed by atoms with Crippen LogP contribution in [0.4, 0.5) is 13.2 Å². The van der Waals surface area contributed by atoms with Crippen LogP contribution in [-0.2, 0) is 0 Å². The third-order valence-electron chi connectivity index (χ3n) is 5.18. The van der Waals surface area contributed by atoms with Crippen molar-refractivity contribution < 1.29 is 13.2 Å². The average molecular weight is 276 g/mol. The topological polar surface area (TPSA) is 15.3 Å². The first-order valence-electron chi connectivity index (χ1n) is 7.59. The summed E-state index contributed by atoms with van der Waals surface area (Å²) in [6.07, 6.45) is 1.87. The lowest BCUT2D eigenvalue weighted by Crippen LogP contribution is -2.45. The predicted molar refractivity (Wildman–Crippen MR) is 67.9 cm³/mol. The second-order valence-corrected chi connectivity index (χ2v) is 6.48. The Morgan fingerprint density at radius 1 is 0.947 bits per heavy atom. The van der Waals surface area contributed by atoms with E-state index in [0.717, 1.165) is 32.4 Å². The number of nitrogens with zero attached hydrogens (tertiary/aromatic N) is 1. The van der Waals surface area contributed by atoms with E-state index < -0.39 is 12.1 Å². The largest absolute Gasteiger partial charge is 0.391 e. The summed E-state index contributed by atoms with van der Waals surface area (Å²) in [6, 6.07) is 1.28. The average Bonchev–Trinajstić information content (AvgIpc) is 2.68. The molecule has 5 heteroatoms. The standard InChI is InChI=1S/C14H23F3N2/c15-14(16,17)10-2-1-3-13(8-10)19-7-6-11-4-5-12(9-19)18-11/h10-13,18H,1-9H2. The molecule has 2 aliphatic heterocycles. The van der Waals surface area contributed by atoms with Crippen molar-refractivity contribution in [2.75, 3.05) is 13.1 Å². The van der Waals surface area contributed by atoms with Gasteiger partial charge in [-0.05, 0) is 45.1 Å². The minimum absolute atomic E-state index is 0.154. The van der Waals surface area contributed by atoms with Crippen LogP contribution in [-0.4, -0.2) is 42.3 Å². The number of likely N-dealkylation sites (tertiary alicyclic amines) is 1. The third-order valence-corrected chi connectivity index (χ3v) is 5.18. The number of nitrogens with one attached hydrogen (secondary N) is 1. The van der Waals surface area contributed by atoms with E-state index in [-0.39, 0.29) is 6.04 Å². The smallest absolute Gasteiger partial charge is 0.310 e. The Bertz CT molecular complexity index is 318. The molecule has 4 atom stereocenters. The quantitative estimate of drug-likeness (QED) is 0.792. The lowest BCUT2D eigenvalue weighted by atomic mass is 9.84. The van der Waals surface area contributed by atoms with Gasteiger partial charge in [0.2, 0.25) is 0 Å². The minimum Gasteiger partial charge on any atom is -0.310 e. The van der Waals surface area contributed by atoms with Crippen LogP contribution in [0, 0.1) is 5.92 Å². The van der Waals surface area contributed by atoms with Gasteiger partial charge in [0.05, 0.1) is 5.92 Å². The zero-order chi connectivity index (χ0) is 13.5. The maximum atomic E-state index is 12.9. The molecule has 0 amide bonds. The van der Waals surface area contributed by atoms with E-state index in [1.807, 2.05) is 0 Å². The number of hydrogen-bond donors (Lipinski definition) is 1. The molecule has 2 nitrogen and oxygen atoms in total. The van der Waals surface area contributed by atoms with E-state index in [2.05, 4.69) is 10.2 Å². The molecule has 110 valence electrons. The first-order valence-corrected chi connectivity index (χ1v) is 7.59. The van der Waals surface area contributed by atoms with E-state index in [4.69, 9.17) is 0 Å². The van der Waals surface area contributed by atoms with Gasteiger partial charge < -0.3 is 5.32 Å². The van der Waals surface area contributed by atoms with Gasteiger partial charge in [-0.2, -0.15) is 13.2 Å². The molecular formula is C14H23F3N2. The van der Waals surface area contributed by atoms with Crippen LogP contribution < -0.4 is 5.32 Å². The molecule has 4 unspecified atom stereocenters. The summed E-state index contributed by atoms with van der Waals surface area (Å²) in [5.74, 6) is -1.07. The van der Waals surface area contributed by atoms with Crippen molar-refractivity contribution in [3.8, 4) is 0 Å². The summed E-state index contributed by atoms with van der Waals surface area (Å²) >= 11 is 0. The van der Waals surface area contributed by atoms with Gasteiger partial charge in [0, 0.05) is 24.7 Å².